The number of rotatable bonds is 5. The molecule has 0 aliphatic carbocycles. The smallest absolute Gasteiger partial charge is 0.267 e. The summed E-state index contributed by atoms with van der Waals surface area (Å²) >= 11 is 0. The second kappa shape index (κ2) is 5.52. The van der Waals surface area contributed by atoms with Gasteiger partial charge in [0.25, 0.3) is 5.56 Å². The minimum Gasteiger partial charge on any atom is -0.267 e. The molecule has 0 N–H and O–H groups in total. The van der Waals surface area contributed by atoms with Crippen LogP contribution in [0.15, 0.2) is 11.0 Å². The molecule has 0 spiro atoms. The molecule has 0 bridgehead atoms. The summed E-state index contributed by atoms with van der Waals surface area (Å²) in [6, 6.07) is 0. The van der Waals surface area contributed by atoms with Crippen LogP contribution in [0.1, 0.15) is 38.2 Å². The molecule has 1 heterocycles. The van der Waals surface area contributed by atoms with Gasteiger partial charge in [0.1, 0.15) is 0 Å². The van der Waals surface area contributed by atoms with E-state index in [1.807, 2.05) is 0 Å². The Kier molecular flexibility index (Phi) is 4.29. The van der Waals surface area contributed by atoms with Gasteiger partial charge in [-0.25, -0.2) is 4.68 Å². The van der Waals surface area contributed by atoms with Crippen molar-refractivity contribution < 1.29 is 0 Å². The highest BCUT2D eigenvalue weighted by molar-refractivity contribution is 4.97. The fourth-order valence-corrected chi connectivity index (χ4v) is 1.31. The van der Waals surface area contributed by atoms with E-state index in [1.165, 1.54) is 23.7 Å². The van der Waals surface area contributed by atoms with Crippen molar-refractivity contribution in [1.29, 1.82) is 0 Å². The Bertz CT molecular complexity index is 332. The van der Waals surface area contributed by atoms with Crippen LogP contribution >= 0.6 is 0 Å². The Morgan fingerprint density at radius 2 is 2.14 bits per heavy atom. The van der Waals surface area contributed by atoms with Gasteiger partial charge in [0.05, 0.1) is 6.20 Å². The lowest BCUT2D eigenvalue weighted by atomic mass is 10.2. The van der Waals surface area contributed by atoms with Gasteiger partial charge in [-0.1, -0.05) is 31.4 Å². The lowest BCUT2D eigenvalue weighted by Crippen LogP contribution is -2.25. The molecule has 0 saturated heterocycles. The quantitative estimate of drug-likeness (QED) is 0.669. The number of aryl methyl sites for hydroxylation is 2. The Morgan fingerprint density at radius 3 is 2.86 bits per heavy atom. The second-order valence-corrected chi connectivity index (χ2v) is 3.51. The third kappa shape index (κ3) is 2.94. The van der Waals surface area contributed by atoms with E-state index in [4.69, 9.17) is 0 Å². The molecule has 0 radical (unpaired) electrons. The molecule has 1 aromatic rings. The Balaban J connectivity index is 2.51. The fraction of sp³-hybridized carbons (Fsp3) is 0.700. The number of nitrogens with zero attached hydrogens (tertiary/aromatic N) is 3. The number of aromatic nitrogens is 3. The second-order valence-electron chi connectivity index (χ2n) is 3.51. The predicted molar refractivity (Wildman–Crippen MR) is 55.2 cm³/mol. The molecule has 0 aliphatic rings. The van der Waals surface area contributed by atoms with Gasteiger partial charge in [0.2, 0.25) is 0 Å². The Hall–Kier alpha value is -1.19. The van der Waals surface area contributed by atoms with E-state index in [-0.39, 0.29) is 5.56 Å². The highest BCUT2D eigenvalue weighted by atomic mass is 16.1. The van der Waals surface area contributed by atoms with E-state index in [9.17, 15) is 4.79 Å². The predicted octanol–water partition coefficient (Wildman–Crippen LogP) is 1.53. The molecule has 1 rings (SSSR count). The van der Waals surface area contributed by atoms with Crippen LogP contribution in [0.2, 0.25) is 0 Å². The zero-order valence-electron chi connectivity index (χ0n) is 8.86. The molecular weight excluding hydrogens is 178 g/mol. The highest BCUT2D eigenvalue weighted by Crippen LogP contribution is 1.99. The third-order valence-corrected chi connectivity index (χ3v) is 2.21. The molecule has 14 heavy (non-hydrogen) atoms. The Labute approximate surface area is 84.0 Å². The van der Waals surface area contributed by atoms with Crippen LogP contribution in [-0.4, -0.2) is 15.0 Å². The largest absolute Gasteiger partial charge is 0.272 e. The van der Waals surface area contributed by atoms with E-state index in [0.29, 0.717) is 12.1 Å². The summed E-state index contributed by atoms with van der Waals surface area (Å²) in [4.78, 5) is 11.5. The first-order valence-electron chi connectivity index (χ1n) is 5.15. The Morgan fingerprint density at radius 1 is 1.36 bits per heavy atom. The first-order chi connectivity index (χ1) is 6.75. The topological polar surface area (TPSA) is 47.8 Å². The van der Waals surface area contributed by atoms with Crippen molar-refractivity contribution in [3.05, 3.63) is 22.1 Å². The van der Waals surface area contributed by atoms with Gasteiger partial charge < -0.3 is 0 Å². The molecule has 0 unspecified atom stereocenters. The van der Waals surface area contributed by atoms with Gasteiger partial charge in [-0.2, -0.15) is 0 Å². The van der Waals surface area contributed by atoms with E-state index >= 15 is 0 Å². The standard InChI is InChI=1S/C10H17N3O/c1-3-4-5-6-7-13-10(14)9(2)8-11-12-13/h8H,3-7H2,1-2H3. The summed E-state index contributed by atoms with van der Waals surface area (Å²) in [5.41, 5.74) is 0.645. The van der Waals surface area contributed by atoms with Crippen molar-refractivity contribution in [1.82, 2.24) is 15.0 Å². The van der Waals surface area contributed by atoms with Gasteiger partial charge in [-0.3, -0.25) is 4.79 Å². The van der Waals surface area contributed by atoms with E-state index in [1.54, 1.807) is 6.92 Å². The minimum atomic E-state index is -0.0171. The molecule has 0 aromatic carbocycles. The molecular formula is C10H17N3O. The zero-order chi connectivity index (χ0) is 10.4. The molecule has 4 heteroatoms. The average molecular weight is 195 g/mol. The van der Waals surface area contributed by atoms with Crippen molar-refractivity contribution >= 4 is 0 Å². The lowest BCUT2D eigenvalue weighted by Gasteiger charge is -2.02. The van der Waals surface area contributed by atoms with Crippen molar-refractivity contribution in [3.8, 4) is 0 Å². The molecule has 1 aromatic heterocycles. The summed E-state index contributed by atoms with van der Waals surface area (Å²) in [5, 5.41) is 7.55. The van der Waals surface area contributed by atoms with Crippen LogP contribution in [0.4, 0.5) is 0 Å². The normalized spacial score (nSPS) is 10.4. The van der Waals surface area contributed by atoms with Crippen LogP contribution < -0.4 is 5.56 Å². The lowest BCUT2D eigenvalue weighted by molar-refractivity contribution is 0.492. The van der Waals surface area contributed by atoms with Crippen molar-refractivity contribution in [2.24, 2.45) is 0 Å². The molecule has 0 aliphatic heterocycles. The summed E-state index contributed by atoms with van der Waals surface area (Å²) in [7, 11) is 0. The van der Waals surface area contributed by atoms with Gasteiger partial charge in [0, 0.05) is 12.1 Å². The SMILES string of the molecule is CCCCCCn1nncc(C)c1=O. The first-order valence-corrected chi connectivity index (χ1v) is 5.15. The van der Waals surface area contributed by atoms with Crippen molar-refractivity contribution in [2.45, 2.75) is 46.1 Å². The summed E-state index contributed by atoms with van der Waals surface area (Å²) in [6.45, 7) is 4.62. The maximum atomic E-state index is 11.5. The van der Waals surface area contributed by atoms with Crippen molar-refractivity contribution in [3.63, 3.8) is 0 Å². The third-order valence-electron chi connectivity index (χ3n) is 2.21. The van der Waals surface area contributed by atoms with E-state index < -0.39 is 0 Å². The summed E-state index contributed by atoms with van der Waals surface area (Å²) in [6.07, 6.45) is 6.08. The summed E-state index contributed by atoms with van der Waals surface area (Å²) < 4.78 is 1.45. The molecule has 0 fully saturated rings. The van der Waals surface area contributed by atoms with Crippen LogP contribution in [0.5, 0.6) is 0 Å². The summed E-state index contributed by atoms with van der Waals surface area (Å²) in [5.74, 6) is 0. The van der Waals surface area contributed by atoms with Crippen LogP contribution in [0, 0.1) is 6.92 Å². The highest BCUT2D eigenvalue weighted by Gasteiger charge is 1.99. The van der Waals surface area contributed by atoms with Gasteiger partial charge in [-0.05, 0) is 13.3 Å². The zero-order valence-corrected chi connectivity index (χ0v) is 8.86. The van der Waals surface area contributed by atoms with E-state index in [0.717, 1.165) is 12.8 Å². The fourth-order valence-electron chi connectivity index (χ4n) is 1.31. The monoisotopic (exact) mass is 195 g/mol. The number of hydrogen-bond donors (Lipinski definition) is 0. The van der Waals surface area contributed by atoms with Gasteiger partial charge >= 0.3 is 0 Å². The average Bonchev–Trinajstić information content (AvgIpc) is 2.19. The van der Waals surface area contributed by atoms with Gasteiger partial charge in [0.15, 0.2) is 0 Å². The molecule has 4 nitrogen and oxygen atoms in total. The molecule has 78 valence electrons. The van der Waals surface area contributed by atoms with Crippen LogP contribution in [0.25, 0.3) is 0 Å². The maximum Gasteiger partial charge on any atom is 0.272 e. The minimum absolute atomic E-state index is 0.0171. The number of hydrogen-bond acceptors (Lipinski definition) is 3. The number of unbranched alkanes of at least 4 members (excludes halogenated alkanes) is 3. The van der Waals surface area contributed by atoms with Gasteiger partial charge in [-0.15, -0.1) is 5.10 Å². The molecule has 0 atom stereocenters. The van der Waals surface area contributed by atoms with Crippen molar-refractivity contribution in [2.75, 3.05) is 0 Å². The maximum absolute atomic E-state index is 11.5. The molecule has 0 amide bonds. The van der Waals surface area contributed by atoms with Crippen LogP contribution in [-0.2, 0) is 6.54 Å². The van der Waals surface area contributed by atoms with Crippen LogP contribution in [0.3, 0.4) is 0 Å². The van der Waals surface area contributed by atoms with E-state index in [2.05, 4.69) is 17.2 Å². The molecule has 0 saturated carbocycles. The first kappa shape index (κ1) is 10.9.